The third-order valence-corrected chi connectivity index (χ3v) is 4.82. The van der Waals surface area contributed by atoms with E-state index in [0.29, 0.717) is 19.0 Å². The van der Waals surface area contributed by atoms with E-state index in [1.807, 2.05) is 18.2 Å². The summed E-state index contributed by atoms with van der Waals surface area (Å²) >= 11 is 0. The third kappa shape index (κ3) is 5.36. The molecule has 4 N–H and O–H groups in total. The maximum atomic E-state index is 12.2. The molecule has 0 bridgehead atoms. The molecule has 126 valence electrons. The molecule has 1 heterocycles. The molecule has 1 saturated heterocycles. The summed E-state index contributed by atoms with van der Waals surface area (Å²) in [6.07, 6.45) is 2.58. The molecule has 0 radical (unpaired) electrons. The minimum atomic E-state index is -0.206. The van der Waals surface area contributed by atoms with E-state index < -0.39 is 0 Å². The predicted molar refractivity (Wildman–Crippen MR) is 90.0 cm³/mol. The fourth-order valence-electron chi connectivity index (χ4n) is 3.24. The molecule has 0 aromatic heterocycles. The molecule has 0 unspecified atom stereocenters. The van der Waals surface area contributed by atoms with Crippen LogP contribution in [0.5, 0.6) is 0 Å². The van der Waals surface area contributed by atoms with Crippen LogP contribution in [-0.4, -0.2) is 38.0 Å². The topological polar surface area (TPSA) is 76.6 Å². The van der Waals surface area contributed by atoms with E-state index in [1.165, 1.54) is 10.5 Å². The van der Waals surface area contributed by atoms with Crippen LogP contribution in [0.4, 0.5) is 0 Å². The summed E-state index contributed by atoms with van der Waals surface area (Å²) in [7, 11) is 0. The van der Waals surface area contributed by atoms with Crippen molar-refractivity contribution < 1.29 is 14.5 Å². The van der Waals surface area contributed by atoms with Gasteiger partial charge in [0.1, 0.15) is 0 Å². The number of hydrogen-bond donors (Lipinski definition) is 3. The van der Waals surface area contributed by atoms with Crippen molar-refractivity contribution in [1.82, 2.24) is 5.32 Å². The molecule has 1 aromatic rings. The van der Waals surface area contributed by atoms with Gasteiger partial charge in [-0.15, -0.1) is 0 Å². The molecule has 1 fully saturated rings. The van der Waals surface area contributed by atoms with Gasteiger partial charge in [0.15, 0.2) is 6.54 Å². The second kappa shape index (κ2) is 8.67. The summed E-state index contributed by atoms with van der Waals surface area (Å²) in [6.45, 7) is 4.99. The SMILES string of the molecule is CC[C@@H](CNC(=O)C[NH+]1CCC(C(N)=O)CC1)c1ccccc1. The number of likely N-dealkylation sites (tertiary alicyclic amines) is 1. The Morgan fingerprint density at radius 1 is 1.26 bits per heavy atom. The summed E-state index contributed by atoms with van der Waals surface area (Å²) in [5.74, 6) is 0.231. The van der Waals surface area contributed by atoms with Crippen molar-refractivity contribution >= 4 is 11.8 Å². The smallest absolute Gasteiger partial charge is 0.275 e. The highest BCUT2D eigenvalue weighted by Crippen LogP contribution is 2.17. The Balaban J connectivity index is 1.74. The van der Waals surface area contributed by atoms with Gasteiger partial charge in [-0.05, 0) is 12.0 Å². The lowest BCUT2D eigenvalue weighted by atomic mass is 9.96. The van der Waals surface area contributed by atoms with Gasteiger partial charge >= 0.3 is 0 Å². The minimum absolute atomic E-state index is 0.00985. The van der Waals surface area contributed by atoms with Crippen LogP contribution in [0.25, 0.3) is 0 Å². The van der Waals surface area contributed by atoms with E-state index in [-0.39, 0.29) is 17.7 Å². The molecule has 2 rings (SSSR count). The molecular weight excluding hydrogens is 290 g/mol. The van der Waals surface area contributed by atoms with Crippen molar-refractivity contribution in [2.45, 2.75) is 32.1 Å². The van der Waals surface area contributed by atoms with Crippen LogP contribution in [0.3, 0.4) is 0 Å². The average molecular weight is 318 g/mol. The highest BCUT2D eigenvalue weighted by molar-refractivity contribution is 5.77. The molecule has 1 aliphatic rings. The highest BCUT2D eigenvalue weighted by Gasteiger charge is 2.27. The monoisotopic (exact) mass is 318 g/mol. The molecule has 1 aliphatic heterocycles. The lowest BCUT2D eigenvalue weighted by Gasteiger charge is -2.27. The lowest BCUT2D eigenvalue weighted by molar-refractivity contribution is -0.897. The zero-order chi connectivity index (χ0) is 16.7. The minimum Gasteiger partial charge on any atom is -0.369 e. The van der Waals surface area contributed by atoms with Crippen LogP contribution in [-0.2, 0) is 9.59 Å². The van der Waals surface area contributed by atoms with Crippen molar-refractivity contribution in [1.29, 1.82) is 0 Å². The normalized spacial score (nSPS) is 22.3. The summed E-state index contributed by atoms with van der Waals surface area (Å²) in [4.78, 5) is 24.6. The Bertz CT molecular complexity index is 510. The van der Waals surface area contributed by atoms with E-state index >= 15 is 0 Å². The van der Waals surface area contributed by atoms with Gasteiger partial charge in [0, 0.05) is 31.2 Å². The molecule has 5 nitrogen and oxygen atoms in total. The Kier molecular flexibility index (Phi) is 6.59. The maximum absolute atomic E-state index is 12.2. The summed E-state index contributed by atoms with van der Waals surface area (Å²) in [6, 6.07) is 10.3. The number of rotatable bonds is 7. The molecule has 2 amide bonds. The van der Waals surface area contributed by atoms with Crippen LogP contribution in [0.2, 0.25) is 0 Å². The number of carbonyl (C=O) groups excluding carboxylic acids is 2. The Morgan fingerprint density at radius 2 is 1.91 bits per heavy atom. The molecule has 23 heavy (non-hydrogen) atoms. The van der Waals surface area contributed by atoms with Gasteiger partial charge in [0.25, 0.3) is 5.91 Å². The first-order valence-electron chi connectivity index (χ1n) is 8.54. The number of quaternary nitrogens is 1. The number of benzene rings is 1. The van der Waals surface area contributed by atoms with Gasteiger partial charge in [-0.25, -0.2) is 0 Å². The van der Waals surface area contributed by atoms with Crippen LogP contribution in [0, 0.1) is 5.92 Å². The van der Waals surface area contributed by atoms with E-state index in [4.69, 9.17) is 5.73 Å². The lowest BCUT2D eigenvalue weighted by Crippen LogP contribution is -3.14. The van der Waals surface area contributed by atoms with E-state index in [0.717, 1.165) is 32.4 Å². The number of primary amides is 1. The molecule has 1 aromatic carbocycles. The summed E-state index contributed by atoms with van der Waals surface area (Å²) in [5.41, 5.74) is 6.61. The predicted octanol–water partition coefficient (Wildman–Crippen LogP) is 0.0766. The third-order valence-electron chi connectivity index (χ3n) is 4.82. The second-order valence-electron chi connectivity index (χ2n) is 6.42. The van der Waals surface area contributed by atoms with E-state index in [9.17, 15) is 9.59 Å². The van der Waals surface area contributed by atoms with E-state index in [2.05, 4.69) is 24.4 Å². The summed E-state index contributed by atoms with van der Waals surface area (Å²) in [5, 5.41) is 3.06. The van der Waals surface area contributed by atoms with Gasteiger partial charge in [-0.1, -0.05) is 37.3 Å². The Labute approximate surface area is 138 Å². The molecule has 5 heteroatoms. The first-order chi connectivity index (χ1) is 11.1. The van der Waals surface area contributed by atoms with Gasteiger partial charge in [0.05, 0.1) is 13.1 Å². The Morgan fingerprint density at radius 3 is 2.48 bits per heavy atom. The average Bonchev–Trinajstić information content (AvgIpc) is 2.57. The van der Waals surface area contributed by atoms with Gasteiger partial charge in [-0.2, -0.15) is 0 Å². The van der Waals surface area contributed by atoms with Crippen LogP contribution in [0.15, 0.2) is 30.3 Å². The quantitative estimate of drug-likeness (QED) is 0.666. The number of piperidine rings is 1. The van der Waals surface area contributed by atoms with E-state index in [1.54, 1.807) is 0 Å². The van der Waals surface area contributed by atoms with Crippen LogP contribution < -0.4 is 16.0 Å². The molecule has 0 saturated carbocycles. The maximum Gasteiger partial charge on any atom is 0.275 e. The number of hydrogen-bond acceptors (Lipinski definition) is 2. The fraction of sp³-hybridized carbons (Fsp3) is 0.556. The largest absolute Gasteiger partial charge is 0.369 e. The van der Waals surface area contributed by atoms with Crippen molar-refractivity contribution in [2.75, 3.05) is 26.2 Å². The Hall–Kier alpha value is -1.88. The summed E-state index contributed by atoms with van der Waals surface area (Å²) < 4.78 is 0. The second-order valence-corrected chi connectivity index (χ2v) is 6.42. The van der Waals surface area contributed by atoms with Gasteiger partial charge < -0.3 is 16.0 Å². The molecule has 1 atom stereocenters. The highest BCUT2D eigenvalue weighted by atomic mass is 16.2. The number of nitrogens with one attached hydrogen (secondary N) is 2. The van der Waals surface area contributed by atoms with Crippen LogP contribution >= 0.6 is 0 Å². The van der Waals surface area contributed by atoms with Gasteiger partial charge in [0.2, 0.25) is 5.91 Å². The number of nitrogens with two attached hydrogens (primary N) is 1. The number of carbonyl (C=O) groups is 2. The molecule has 0 aliphatic carbocycles. The first-order valence-corrected chi connectivity index (χ1v) is 8.54. The standard InChI is InChI=1S/C18H27N3O2/c1-2-14(15-6-4-3-5-7-15)12-20-17(22)13-21-10-8-16(9-11-21)18(19)23/h3-7,14,16H,2,8-13H2,1H3,(H2,19,23)(H,20,22)/p+1/t14-/m0/s1. The fourth-order valence-corrected chi connectivity index (χ4v) is 3.24. The van der Waals surface area contributed by atoms with Crippen molar-refractivity contribution in [3.05, 3.63) is 35.9 Å². The van der Waals surface area contributed by atoms with Gasteiger partial charge in [-0.3, -0.25) is 9.59 Å². The van der Waals surface area contributed by atoms with Crippen molar-refractivity contribution in [2.24, 2.45) is 11.7 Å². The van der Waals surface area contributed by atoms with Crippen molar-refractivity contribution in [3.8, 4) is 0 Å². The molecule has 0 spiro atoms. The van der Waals surface area contributed by atoms with Crippen molar-refractivity contribution in [3.63, 3.8) is 0 Å². The first kappa shape index (κ1) is 17.5. The zero-order valence-corrected chi connectivity index (χ0v) is 13.9. The van der Waals surface area contributed by atoms with Crippen LogP contribution in [0.1, 0.15) is 37.7 Å². The zero-order valence-electron chi connectivity index (χ0n) is 13.9. The molecular formula is C18H28N3O2+. The number of amides is 2.